The Morgan fingerprint density at radius 1 is 1.12 bits per heavy atom. The number of phenolic OH excluding ortho intramolecular Hbond substituents is 1. The molecule has 24 heavy (non-hydrogen) atoms. The largest absolute Gasteiger partial charge is 0.508 e. The maximum Gasteiger partial charge on any atom is 0.140 e. The molecule has 124 valence electrons. The Balaban J connectivity index is 1.78. The van der Waals surface area contributed by atoms with Crippen LogP contribution in [0.25, 0.3) is 0 Å². The molecule has 3 atom stereocenters. The van der Waals surface area contributed by atoms with Crippen LogP contribution in [0.3, 0.4) is 0 Å². The van der Waals surface area contributed by atoms with Gasteiger partial charge >= 0.3 is 0 Å². The van der Waals surface area contributed by atoms with Crippen LogP contribution < -0.4 is 4.90 Å². The van der Waals surface area contributed by atoms with Crippen LogP contribution in [-0.2, 0) is 11.2 Å². The Bertz CT molecular complexity index is 753. The number of carbonyl (C=O) groups is 1. The average Bonchev–Trinajstić information content (AvgIpc) is 2.61. The molecule has 5 rings (SSSR count). The van der Waals surface area contributed by atoms with Crippen molar-refractivity contribution in [2.75, 3.05) is 4.90 Å². The van der Waals surface area contributed by atoms with Gasteiger partial charge in [-0.05, 0) is 54.7 Å². The molecule has 2 bridgehead atoms. The summed E-state index contributed by atoms with van der Waals surface area (Å²) in [5, 5.41) is 9.90. The standard InChI is InChI=1S/C21H23NO2/c1-2-14-6-8-16(9-7-14)22-17-10-11-19(20(24)13-17)21(22)15-4-3-5-18(23)12-15/h3-9,12,17,19,21,23H,2,10-11,13H2,1H3. The number of carbonyl (C=O) groups excluding carboxylic acids is 1. The lowest BCUT2D eigenvalue weighted by atomic mass is 9.71. The Morgan fingerprint density at radius 2 is 1.92 bits per heavy atom. The van der Waals surface area contributed by atoms with Crippen molar-refractivity contribution in [3.63, 3.8) is 0 Å². The highest BCUT2D eigenvalue weighted by Crippen LogP contribution is 2.48. The van der Waals surface area contributed by atoms with Gasteiger partial charge in [0.05, 0.1) is 6.04 Å². The molecular formula is C21H23NO2. The lowest BCUT2D eigenvalue weighted by molar-refractivity contribution is -0.128. The van der Waals surface area contributed by atoms with Crippen LogP contribution in [0.4, 0.5) is 5.69 Å². The van der Waals surface area contributed by atoms with Crippen LogP contribution in [0.5, 0.6) is 5.75 Å². The molecule has 2 aromatic rings. The zero-order valence-corrected chi connectivity index (χ0v) is 14.0. The average molecular weight is 321 g/mol. The van der Waals surface area contributed by atoms with Gasteiger partial charge in [-0.15, -0.1) is 0 Å². The number of fused-ring (bicyclic) bond motifs is 3. The summed E-state index contributed by atoms with van der Waals surface area (Å²) < 4.78 is 0. The lowest BCUT2D eigenvalue weighted by Gasteiger charge is -2.52. The van der Waals surface area contributed by atoms with Crippen molar-refractivity contribution < 1.29 is 9.90 Å². The minimum atomic E-state index is 0.0302. The predicted molar refractivity (Wildman–Crippen MR) is 95.3 cm³/mol. The fraction of sp³-hybridized carbons (Fsp3) is 0.381. The number of anilines is 1. The number of phenols is 1. The van der Waals surface area contributed by atoms with Crippen LogP contribution in [-0.4, -0.2) is 16.9 Å². The van der Waals surface area contributed by atoms with Gasteiger partial charge in [-0.25, -0.2) is 0 Å². The van der Waals surface area contributed by atoms with Gasteiger partial charge in [0.2, 0.25) is 0 Å². The molecule has 2 aromatic carbocycles. The first kappa shape index (κ1) is 15.3. The van der Waals surface area contributed by atoms with E-state index in [1.165, 1.54) is 11.3 Å². The minimum Gasteiger partial charge on any atom is -0.508 e. The summed E-state index contributed by atoms with van der Waals surface area (Å²) in [6.07, 6.45) is 3.70. The summed E-state index contributed by atoms with van der Waals surface area (Å²) in [6.45, 7) is 2.16. The molecule has 3 aliphatic rings. The number of aromatic hydroxyl groups is 1. The van der Waals surface area contributed by atoms with Crippen LogP contribution in [0.2, 0.25) is 0 Å². The van der Waals surface area contributed by atoms with Crippen LogP contribution >= 0.6 is 0 Å². The molecule has 0 aromatic heterocycles. The third-order valence-corrected chi connectivity index (χ3v) is 5.59. The molecule has 0 amide bonds. The summed E-state index contributed by atoms with van der Waals surface area (Å²) in [7, 11) is 0. The number of hydrogen-bond acceptors (Lipinski definition) is 3. The summed E-state index contributed by atoms with van der Waals surface area (Å²) >= 11 is 0. The van der Waals surface area contributed by atoms with Crippen LogP contribution in [0, 0.1) is 5.92 Å². The van der Waals surface area contributed by atoms with E-state index in [2.05, 4.69) is 36.1 Å². The van der Waals surface area contributed by atoms with E-state index in [4.69, 9.17) is 0 Å². The van der Waals surface area contributed by atoms with Gasteiger partial charge in [-0.2, -0.15) is 0 Å². The highest BCUT2D eigenvalue weighted by Gasteiger charge is 2.47. The Labute approximate surface area is 142 Å². The normalized spacial score (nSPS) is 26.0. The van der Waals surface area contributed by atoms with Gasteiger partial charge in [0, 0.05) is 24.1 Å². The second kappa shape index (κ2) is 5.97. The smallest absolute Gasteiger partial charge is 0.140 e. The third-order valence-electron chi connectivity index (χ3n) is 5.59. The minimum absolute atomic E-state index is 0.0302. The van der Waals surface area contributed by atoms with Crippen LogP contribution in [0.15, 0.2) is 48.5 Å². The highest BCUT2D eigenvalue weighted by molar-refractivity contribution is 5.86. The second-order valence-electron chi connectivity index (χ2n) is 6.98. The van der Waals surface area contributed by atoms with E-state index in [1.807, 2.05) is 18.2 Å². The number of benzene rings is 2. The zero-order chi connectivity index (χ0) is 16.7. The zero-order valence-electron chi connectivity index (χ0n) is 14.0. The summed E-state index contributed by atoms with van der Waals surface area (Å²) in [5.41, 5.74) is 3.55. The quantitative estimate of drug-likeness (QED) is 0.918. The molecule has 0 spiro atoms. The topological polar surface area (TPSA) is 40.5 Å². The van der Waals surface area contributed by atoms with E-state index in [0.29, 0.717) is 12.2 Å². The predicted octanol–water partition coefficient (Wildman–Crippen LogP) is 4.25. The van der Waals surface area contributed by atoms with Crippen molar-refractivity contribution in [1.82, 2.24) is 0 Å². The molecule has 3 heteroatoms. The van der Waals surface area contributed by atoms with E-state index in [9.17, 15) is 9.90 Å². The molecule has 1 aliphatic carbocycles. The first-order chi connectivity index (χ1) is 11.7. The van der Waals surface area contributed by atoms with Crippen molar-refractivity contribution in [3.8, 4) is 5.75 Å². The van der Waals surface area contributed by atoms with Gasteiger partial charge in [0.25, 0.3) is 0 Å². The van der Waals surface area contributed by atoms with Crippen LogP contribution in [0.1, 0.15) is 43.4 Å². The lowest BCUT2D eigenvalue weighted by Crippen LogP contribution is -2.54. The summed E-state index contributed by atoms with van der Waals surface area (Å²) in [5.74, 6) is 0.673. The van der Waals surface area contributed by atoms with E-state index < -0.39 is 0 Å². The molecule has 2 aliphatic heterocycles. The van der Waals surface area contributed by atoms with Crippen molar-refractivity contribution in [2.45, 2.75) is 44.7 Å². The molecule has 0 radical (unpaired) electrons. The van der Waals surface area contributed by atoms with E-state index in [0.717, 1.165) is 24.8 Å². The van der Waals surface area contributed by atoms with Gasteiger partial charge in [0.15, 0.2) is 0 Å². The maximum absolute atomic E-state index is 12.5. The number of Topliss-reactive ketones (excluding diaryl/α,β-unsaturated/α-hetero) is 1. The number of nitrogens with zero attached hydrogens (tertiary/aromatic N) is 1. The van der Waals surface area contributed by atoms with Gasteiger partial charge in [-0.1, -0.05) is 31.2 Å². The Kier molecular flexibility index (Phi) is 3.79. The summed E-state index contributed by atoms with van der Waals surface area (Å²) in [4.78, 5) is 14.9. The van der Waals surface area contributed by atoms with E-state index in [1.54, 1.807) is 6.07 Å². The fourth-order valence-corrected chi connectivity index (χ4v) is 4.39. The molecule has 2 heterocycles. The molecule has 1 saturated carbocycles. The van der Waals surface area contributed by atoms with Gasteiger partial charge < -0.3 is 10.0 Å². The number of ketones is 1. The first-order valence-corrected chi connectivity index (χ1v) is 8.86. The molecule has 3 fully saturated rings. The van der Waals surface area contributed by atoms with Gasteiger partial charge in [0.1, 0.15) is 11.5 Å². The number of aryl methyl sites for hydroxylation is 1. The number of hydrogen-bond donors (Lipinski definition) is 1. The number of piperidine rings is 2. The van der Waals surface area contributed by atoms with Gasteiger partial charge in [-0.3, -0.25) is 4.79 Å². The summed E-state index contributed by atoms with van der Waals surface area (Å²) in [6, 6.07) is 16.4. The number of rotatable bonds is 3. The highest BCUT2D eigenvalue weighted by atomic mass is 16.3. The second-order valence-corrected chi connectivity index (χ2v) is 6.98. The molecule has 1 N–H and O–H groups in total. The maximum atomic E-state index is 12.5. The molecule has 3 nitrogen and oxygen atoms in total. The molecule has 2 saturated heterocycles. The fourth-order valence-electron chi connectivity index (χ4n) is 4.39. The van der Waals surface area contributed by atoms with E-state index >= 15 is 0 Å². The van der Waals surface area contributed by atoms with Crippen molar-refractivity contribution in [2.24, 2.45) is 5.92 Å². The molecule has 3 unspecified atom stereocenters. The SMILES string of the molecule is CCc1ccc(N2C3CCC(C(=O)C3)C2c2cccc(O)c2)cc1. The third kappa shape index (κ3) is 2.48. The first-order valence-electron chi connectivity index (χ1n) is 8.86. The van der Waals surface area contributed by atoms with Crippen molar-refractivity contribution in [1.29, 1.82) is 0 Å². The monoisotopic (exact) mass is 321 g/mol. The van der Waals surface area contributed by atoms with Crippen molar-refractivity contribution >= 4 is 11.5 Å². The Hall–Kier alpha value is -2.29. The molecular weight excluding hydrogens is 298 g/mol. The van der Waals surface area contributed by atoms with Crippen molar-refractivity contribution in [3.05, 3.63) is 59.7 Å². The Morgan fingerprint density at radius 3 is 2.58 bits per heavy atom. The van der Waals surface area contributed by atoms with E-state index in [-0.39, 0.29) is 23.8 Å².